The molecule has 0 bridgehead atoms. The van der Waals surface area contributed by atoms with Gasteiger partial charge in [-0.05, 0) is 19.0 Å². The van der Waals surface area contributed by atoms with Gasteiger partial charge in [-0.1, -0.05) is 13.1 Å². The molecule has 1 aliphatic rings. The van der Waals surface area contributed by atoms with Crippen molar-refractivity contribution in [3.8, 4) is 0 Å². The van der Waals surface area contributed by atoms with Crippen LogP contribution in [0.2, 0.25) is 19.1 Å². The Balaban J connectivity index is 2.43. The zero-order valence-corrected chi connectivity index (χ0v) is 8.06. The third-order valence-electron chi connectivity index (χ3n) is 2.47. The van der Waals surface area contributed by atoms with E-state index >= 15 is 0 Å². The van der Waals surface area contributed by atoms with E-state index in [1.54, 1.807) is 0 Å². The van der Waals surface area contributed by atoms with E-state index in [-0.39, 0.29) is 0 Å². The van der Waals surface area contributed by atoms with Crippen molar-refractivity contribution >= 4 is 8.24 Å². The normalized spacial score (nSPS) is 25.5. The highest BCUT2D eigenvalue weighted by Gasteiger charge is 2.33. The molecule has 10 heavy (non-hydrogen) atoms. The van der Waals surface area contributed by atoms with Crippen molar-refractivity contribution in [2.75, 3.05) is 19.6 Å². The first-order valence-electron chi connectivity index (χ1n) is 4.12. The molecule has 0 saturated carbocycles. The van der Waals surface area contributed by atoms with Crippen LogP contribution in [0.15, 0.2) is 0 Å². The molecular formula is C7H18N2Si. The van der Waals surface area contributed by atoms with Crippen LogP contribution in [0, 0.1) is 0 Å². The van der Waals surface area contributed by atoms with Gasteiger partial charge in [0.25, 0.3) is 0 Å². The van der Waals surface area contributed by atoms with Gasteiger partial charge in [-0.25, -0.2) is 0 Å². The van der Waals surface area contributed by atoms with Crippen LogP contribution in [-0.2, 0) is 0 Å². The van der Waals surface area contributed by atoms with E-state index in [0.717, 1.165) is 13.1 Å². The molecule has 0 aromatic heterocycles. The quantitative estimate of drug-likeness (QED) is 0.604. The van der Waals surface area contributed by atoms with E-state index in [2.05, 4.69) is 17.7 Å². The Hall–Kier alpha value is 0.137. The summed E-state index contributed by atoms with van der Waals surface area (Å²) in [6, 6.07) is 1.47. The maximum atomic E-state index is 5.51. The first-order valence-corrected chi connectivity index (χ1v) is 7.27. The average Bonchev–Trinajstić information content (AvgIpc) is 2.13. The minimum absolute atomic E-state index is 0.830. The van der Waals surface area contributed by atoms with E-state index in [1.807, 2.05) is 0 Å². The summed E-state index contributed by atoms with van der Waals surface area (Å²) >= 11 is 0. The van der Waals surface area contributed by atoms with E-state index < -0.39 is 8.24 Å². The van der Waals surface area contributed by atoms with Crippen molar-refractivity contribution in [1.82, 2.24) is 4.57 Å². The van der Waals surface area contributed by atoms with Gasteiger partial charge in [-0.2, -0.15) is 0 Å². The van der Waals surface area contributed by atoms with E-state index in [9.17, 15) is 0 Å². The van der Waals surface area contributed by atoms with Gasteiger partial charge in [-0.3, -0.25) is 0 Å². The highest BCUT2D eigenvalue weighted by atomic mass is 28.3. The van der Waals surface area contributed by atoms with Crippen LogP contribution in [-0.4, -0.2) is 32.4 Å². The molecule has 3 heteroatoms. The van der Waals surface area contributed by atoms with Crippen LogP contribution in [0.3, 0.4) is 0 Å². The molecule has 0 aromatic carbocycles. The molecule has 1 heterocycles. The SMILES string of the molecule is C[Si]1(C)CCCN1CCN. The molecule has 0 amide bonds. The Morgan fingerprint density at radius 3 is 2.60 bits per heavy atom. The van der Waals surface area contributed by atoms with Crippen molar-refractivity contribution in [1.29, 1.82) is 0 Å². The highest BCUT2D eigenvalue weighted by Crippen LogP contribution is 2.24. The van der Waals surface area contributed by atoms with E-state index in [1.165, 1.54) is 19.0 Å². The lowest BCUT2D eigenvalue weighted by molar-refractivity contribution is 0.468. The maximum absolute atomic E-state index is 5.51. The first kappa shape index (κ1) is 8.24. The Bertz CT molecular complexity index is 114. The summed E-state index contributed by atoms with van der Waals surface area (Å²) in [5.41, 5.74) is 5.51. The topological polar surface area (TPSA) is 29.3 Å². The molecule has 0 aliphatic carbocycles. The molecular weight excluding hydrogens is 140 g/mol. The van der Waals surface area contributed by atoms with Gasteiger partial charge in [0.15, 0.2) is 0 Å². The predicted molar refractivity (Wildman–Crippen MR) is 47.5 cm³/mol. The number of rotatable bonds is 2. The zero-order valence-electron chi connectivity index (χ0n) is 7.06. The lowest BCUT2D eigenvalue weighted by atomic mass is 10.5. The van der Waals surface area contributed by atoms with Gasteiger partial charge in [0, 0.05) is 13.1 Å². The molecule has 0 atom stereocenters. The van der Waals surface area contributed by atoms with Crippen LogP contribution in [0.25, 0.3) is 0 Å². The summed E-state index contributed by atoms with van der Waals surface area (Å²) in [5, 5.41) is 0. The van der Waals surface area contributed by atoms with Crippen molar-refractivity contribution in [2.45, 2.75) is 25.6 Å². The molecule has 0 unspecified atom stereocenters. The number of hydrogen-bond acceptors (Lipinski definition) is 2. The lowest BCUT2D eigenvalue weighted by Crippen LogP contribution is -2.45. The Kier molecular flexibility index (Phi) is 2.49. The second kappa shape index (κ2) is 3.03. The van der Waals surface area contributed by atoms with Gasteiger partial charge in [-0.15, -0.1) is 0 Å². The second-order valence-electron chi connectivity index (χ2n) is 3.69. The van der Waals surface area contributed by atoms with Gasteiger partial charge in [0.05, 0.1) is 0 Å². The minimum atomic E-state index is -0.937. The summed E-state index contributed by atoms with van der Waals surface area (Å²) < 4.78 is 2.62. The Morgan fingerprint density at radius 2 is 2.20 bits per heavy atom. The van der Waals surface area contributed by atoms with Crippen LogP contribution >= 0.6 is 0 Å². The maximum Gasteiger partial charge on any atom is 0.122 e. The van der Waals surface area contributed by atoms with Crippen LogP contribution in [0.1, 0.15) is 6.42 Å². The summed E-state index contributed by atoms with van der Waals surface area (Å²) in [6.07, 6.45) is 1.40. The zero-order chi connectivity index (χ0) is 7.61. The van der Waals surface area contributed by atoms with Gasteiger partial charge < -0.3 is 10.3 Å². The van der Waals surface area contributed by atoms with Crippen LogP contribution < -0.4 is 5.73 Å². The lowest BCUT2D eigenvalue weighted by Gasteiger charge is -2.28. The monoisotopic (exact) mass is 158 g/mol. The fourth-order valence-electron chi connectivity index (χ4n) is 1.73. The fourth-order valence-corrected chi connectivity index (χ4v) is 4.57. The van der Waals surface area contributed by atoms with E-state index in [0.29, 0.717) is 0 Å². The molecule has 0 aromatic rings. The van der Waals surface area contributed by atoms with Crippen molar-refractivity contribution in [3.05, 3.63) is 0 Å². The molecule has 1 rings (SSSR count). The van der Waals surface area contributed by atoms with Gasteiger partial charge in [0.2, 0.25) is 0 Å². The fraction of sp³-hybridized carbons (Fsp3) is 1.00. The van der Waals surface area contributed by atoms with Crippen LogP contribution in [0.5, 0.6) is 0 Å². The molecule has 0 radical (unpaired) electrons. The van der Waals surface area contributed by atoms with Gasteiger partial charge in [0.1, 0.15) is 8.24 Å². The largest absolute Gasteiger partial charge is 0.329 e. The predicted octanol–water partition coefficient (Wildman–Crippen LogP) is 0.856. The van der Waals surface area contributed by atoms with Crippen molar-refractivity contribution < 1.29 is 0 Å². The number of nitrogens with two attached hydrogens (primary N) is 1. The summed E-state index contributed by atoms with van der Waals surface area (Å²) in [4.78, 5) is 0. The molecule has 1 fully saturated rings. The molecule has 2 nitrogen and oxygen atoms in total. The van der Waals surface area contributed by atoms with Crippen molar-refractivity contribution in [2.24, 2.45) is 5.73 Å². The molecule has 1 saturated heterocycles. The highest BCUT2D eigenvalue weighted by molar-refractivity contribution is 6.75. The molecule has 1 aliphatic heterocycles. The molecule has 60 valence electrons. The standard InChI is InChI=1S/C7H18N2Si/c1-10(2)7-3-5-9(10)6-4-8/h3-8H2,1-2H3. The number of hydrogen-bond donors (Lipinski definition) is 1. The Labute approximate surface area is 64.5 Å². The smallest absolute Gasteiger partial charge is 0.122 e. The van der Waals surface area contributed by atoms with Crippen molar-refractivity contribution in [3.63, 3.8) is 0 Å². The Morgan fingerprint density at radius 1 is 1.50 bits per heavy atom. The first-order chi connectivity index (χ1) is 4.67. The summed E-state index contributed by atoms with van der Waals surface area (Å²) in [7, 11) is -0.937. The molecule has 2 N–H and O–H groups in total. The minimum Gasteiger partial charge on any atom is -0.329 e. The summed E-state index contributed by atoms with van der Waals surface area (Å²) in [5.74, 6) is 0. The third-order valence-corrected chi connectivity index (χ3v) is 6.21. The van der Waals surface area contributed by atoms with E-state index in [4.69, 9.17) is 5.73 Å². The molecule has 0 spiro atoms. The second-order valence-corrected chi connectivity index (χ2v) is 8.45. The summed E-state index contributed by atoms with van der Waals surface area (Å²) in [6.45, 7) is 8.14. The van der Waals surface area contributed by atoms with Crippen LogP contribution in [0.4, 0.5) is 0 Å². The average molecular weight is 158 g/mol. The third kappa shape index (κ3) is 1.59. The number of nitrogens with zero attached hydrogens (tertiary/aromatic N) is 1. The van der Waals surface area contributed by atoms with Gasteiger partial charge >= 0.3 is 0 Å².